The van der Waals surface area contributed by atoms with E-state index < -0.39 is 0 Å². The Morgan fingerprint density at radius 3 is 1.79 bits per heavy atom. The summed E-state index contributed by atoms with van der Waals surface area (Å²) >= 11 is 0. The number of rotatable bonds is 1. The van der Waals surface area contributed by atoms with Gasteiger partial charge in [0.2, 0.25) is 0 Å². The fourth-order valence-electron chi connectivity index (χ4n) is 1.38. The summed E-state index contributed by atoms with van der Waals surface area (Å²) in [6.45, 7) is 2.11. The normalized spacial score (nSPS) is 9.21. The summed E-state index contributed by atoms with van der Waals surface area (Å²) < 4.78 is 0. The Kier molecular flexibility index (Phi) is 4.17. The maximum atomic E-state index is 2.16. The summed E-state index contributed by atoms with van der Waals surface area (Å²) in [6, 6.07) is 19.0. The molecule has 0 amide bonds. The van der Waals surface area contributed by atoms with Gasteiger partial charge in [-0.25, -0.2) is 0 Å². The van der Waals surface area contributed by atoms with Crippen LogP contribution in [0.1, 0.15) is 8.42 Å². The number of hydrogen-bond donors (Lipinski definition) is 0. The van der Waals surface area contributed by atoms with Gasteiger partial charge in [-0.05, 0) is 18.1 Å². The van der Waals surface area contributed by atoms with Crippen LogP contribution < -0.4 is 0 Å². The summed E-state index contributed by atoms with van der Waals surface area (Å²) in [5, 5.41) is 0. The predicted octanol–water partition coefficient (Wildman–Crippen LogP) is 3.51. The Morgan fingerprint density at radius 1 is 0.714 bits per heavy atom. The predicted molar refractivity (Wildman–Crippen MR) is 64.6 cm³/mol. The van der Waals surface area contributed by atoms with Gasteiger partial charge in [-0.1, -0.05) is 60.2 Å². The van der Waals surface area contributed by atoms with Gasteiger partial charge in [0.15, 0.2) is 0 Å². The fourth-order valence-corrected chi connectivity index (χ4v) is 1.38. The third-order valence-electron chi connectivity index (χ3n) is 2.16. The smallest absolute Gasteiger partial charge is 1.00 e. The monoisotopic (exact) mass is 194 g/mol. The van der Waals surface area contributed by atoms with E-state index in [0.717, 1.165) is 0 Å². The first-order chi connectivity index (χ1) is 6.36. The van der Waals surface area contributed by atoms with Crippen molar-refractivity contribution >= 4 is 23.1 Å². The van der Waals surface area contributed by atoms with Crippen LogP contribution in [0.2, 0.25) is 0 Å². The van der Waals surface area contributed by atoms with Crippen LogP contribution in [0.4, 0.5) is 0 Å². The van der Waals surface area contributed by atoms with Crippen molar-refractivity contribution in [1.82, 2.24) is 0 Å². The second kappa shape index (κ2) is 5.18. The van der Waals surface area contributed by atoms with Crippen LogP contribution in [-0.2, 0) is 0 Å². The van der Waals surface area contributed by atoms with Gasteiger partial charge in [-0.3, -0.25) is 0 Å². The van der Waals surface area contributed by atoms with Crippen molar-refractivity contribution in [2.45, 2.75) is 6.92 Å². The van der Waals surface area contributed by atoms with Gasteiger partial charge in [-0.15, -0.1) is 0 Å². The van der Waals surface area contributed by atoms with Gasteiger partial charge >= 0.3 is 23.1 Å². The zero-order chi connectivity index (χ0) is 9.10. The SMILES string of the molecule is Cc1ccc(-c2ccccc2)cc1.[H-].[H-].[Mg+2]. The Hall–Kier alpha value is -0.794. The average Bonchev–Trinajstić information content (AvgIpc) is 2.20. The Labute approximate surface area is 104 Å². The quantitative estimate of drug-likeness (QED) is 0.610. The largest absolute Gasteiger partial charge is 2.00 e. The van der Waals surface area contributed by atoms with Crippen LogP contribution >= 0.6 is 0 Å². The van der Waals surface area contributed by atoms with E-state index in [1.165, 1.54) is 16.7 Å². The molecule has 1 heteroatoms. The zero-order valence-electron chi connectivity index (χ0n) is 10.4. The van der Waals surface area contributed by atoms with E-state index in [1.807, 2.05) is 6.07 Å². The molecule has 0 radical (unpaired) electrons. The molecule has 0 unspecified atom stereocenters. The molecule has 0 heterocycles. The Morgan fingerprint density at radius 2 is 1.21 bits per heavy atom. The van der Waals surface area contributed by atoms with Crippen molar-refractivity contribution < 1.29 is 2.85 Å². The maximum absolute atomic E-state index is 2.16. The summed E-state index contributed by atoms with van der Waals surface area (Å²) in [5.74, 6) is 0. The van der Waals surface area contributed by atoms with Crippen molar-refractivity contribution in [3.8, 4) is 11.1 Å². The molecule has 0 nitrogen and oxygen atoms in total. The summed E-state index contributed by atoms with van der Waals surface area (Å²) in [5.41, 5.74) is 3.87. The van der Waals surface area contributed by atoms with E-state index in [4.69, 9.17) is 0 Å². The number of aryl methyl sites for hydroxylation is 1. The topological polar surface area (TPSA) is 0 Å². The third-order valence-corrected chi connectivity index (χ3v) is 2.16. The zero-order valence-corrected chi connectivity index (χ0v) is 9.82. The van der Waals surface area contributed by atoms with E-state index >= 15 is 0 Å². The van der Waals surface area contributed by atoms with E-state index in [0.29, 0.717) is 0 Å². The molecule has 0 saturated carbocycles. The van der Waals surface area contributed by atoms with E-state index in [2.05, 4.69) is 55.5 Å². The Balaban J connectivity index is 0. The van der Waals surface area contributed by atoms with Crippen LogP contribution in [-0.4, -0.2) is 23.1 Å². The average molecular weight is 195 g/mol. The van der Waals surface area contributed by atoms with Crippen molar-refractivity contribution in [3.05, 3.63) is 60.2 Å². The molecule has 0 fully saturated rings. The molecule has 0 aliphatic carbocycles. The Bertz CT molecular complexity index is 384. The summed E-state index contributed by atoms with van der Waals surface area (Å²) in [7, 11) is 0. The van der Waals surface area contributed by atoms with Crippen LogP contribution in [0, 0.1) is 6.92 Å². The van der Waals surface area contributed by atoms with Gasteiger partial charge in [0, 0.05) is 0 Å². The van der Waals surface area contributed by atoms with Crippen LogP contribution in [0.3, 0.4) is 0 Å². The molecule has 0 atom stereocenters. The van der Waals surface area contributed by atoms with Gasteiger partial charge in [0.1, 0.15) is 0 Å². The molecule has 0 N–H and O–H groups in total. The molecular weight excluding hydrogens is 180 g/mol. The first-order valence-corrected chi connectivity index (χ1v) is 4.48. The van der Waals surface area contributed by atoms with Crippen LogP contribution in [0.15, 0.2) is 54.6 Å². The van der Waals surface area contributed by atoms with Crippen LogP contribution in [0.25, 0.3) is 11.1 Å². The molecule has 0 aromatic heterocycles. The van der Waals surface area contributed by atoms with Crippen molar-refractivity contribution in [3.63, 3.8) is 0 Å². The minimum atomic E-state index is 0. The maximum Gasteiger partial charge on any atom is 2.00 e. The van der Waals surface area contributed by atoms with E-state index in [1.54, 1.807) is 0 Å². The van der Waals surface area contributed by atoms with Gasteiger partial charge in [0.25, 0.3) is 0 Å². The number of hydrogen-bond acceptors (Lipinski definition) is 0. The molecule has 68 valence electrons. The molecule has 0 spiro atoms. The van der Waals surface area contributed by atoms with E-state index in [-0.39, 0.29) is 25.9 Å². The van der Waals surface area contributed by atoms with Crippen molar-refractivity contribution in [2.24, 2.45) is 0 Å². The van der Waals surface area contributed by atoms with Crippen molar-refractivity contribution in [1.29, 1.82) is 0 Å². The molecule has 0 bridgehead atoms. The first-order valence-electron chi connectivity index (χ1n) is 4.48. The molecule has 0 aliphatic heterocycles. The molecule has 0 saturated heterocycles. The van der Waals surface area contributed by atoms with Crippen LogP contribution in [0.5, 0.6) is 0 Å². The van der Waals surface area contributed by atoms with Gasteiger partial charge < -0.3 is 2.85 Å². The third kappa shape index (κ3) is 2.60. The first kappa shape index (κ1) is 11.3. The molecule has 2 aromatic rings. The molecular formula is C13H14Mg. The second-order valence-corrected chi connectivity index (χ2v) is 3.23. The van der Waals surface area contributed by atoms with Crippen molar-refractivity contribution in [2.75, 3.05) is 0 Å². The second-order valence-electron chi connectivity index (χ2n) is 3.23. The minimum Gasteiger partial charge on any atom is -1.00 e. The van der Waals surface area contributed by atoms with E-state index in [9.17, 15) is 0 Å². The fraction of sp³-hybridized carbons (Fsp3) is 0.0769. The molecule has 2 rings (SSSR count). The standard InChI is InChI=1S/C13H12.Mg.2H/c1-11-7-9-13(10-8-11)12-5-3-2-4-6-12;;;/h2-10H,1H3;;;/q;+2;2*-1. The molecule has 2 aromatic carbocycles. The van der Waals surface area contributed by atoms with Gasteiger partial charge in [-0.2, -0.15) is 0 Å². The summed E-state index contributed by atoms with van der Waals surface area (Å²) in [4.78, 5) is 0. The summed E-state index contributed by atoms with van der Waals surface area (Å²) in [6.07, 6.45) is 0. The minimum absolute atomic E-state index is 0. The molecule has 0 aliphatic rings. The number of benzene rings is 2. The van der Waals surface area contributed by atoms with Gasteiger partial charge in [0.05, 0.1) is 0 Å². The molecule has 14 heavy (non-hydrogen) atoms.